The van der Waals surface area contributed by atoms with Gasteiger partial charge < -0.3 is 5.32 Å². The highest BCUT2D eigenvalue weighted by molar-refractivity contribution is 7.99. The van der Waals surface area contributed by atoms with Gasteiger partial charge in [0.15, 0.2) is 0 Å². The van der Waals surface area contributed by atoms with Gasteiger partial charge in [0.05, 0.1) is 0 Å². The molecule has 0 aliphatic heterocycles. The molecule has 0 aliphatic carbocycles. The maximum atomic E-state index is 6.27. The molecule has 1 N–H and O–H groups in total. The Labute approximate surface area is 127 Å². The first kappa shape index (κ1) is 16.9. The summed E-state index contributed by atoms with van der Waals surface area (Å²) < 4.78 is 0. The van der Waals surface area contributed by atoms with E-state index in [1.807, 2.05) is 23.9 Å². The smallest absolute Gasteiger partial charge is 0.0438 e. The summed E-state index contributed by atoms with van der Waals surface area (Å²) in [4.78, 5) is 0. The zero-order chi connectivity index (χ0) is 13.9. The number of halogens is 1. The van der Waals surface area contributed by atoms with Crippen LogP contribution in [0.4, 0.5) is 0 Å². The van der Waals surface area contributed by atoms with E-state index in [0.717, 1.165) is 24.5 Å². The third-order valence-corrected chi connectivity index (χ3v) is 4.50. The summed E-state index contributed by atoms with van der Waals surface area (Å²) in [6.45, 7) is 6.65. The summed E-state index contributed by atoms with van der Waals surface area (Å²) in [5.74, 6) is 3.14. The van der Waals surface area contributed by atoms with E-state index in [-0.39, 0.29) is 0 Å². The van der Waals surface area contributed by atoms with Crippen LogP contribution >= 0.6 is 23.4 Å². The Morgan fingerprint density at radius 1 is 1.26 bits per heavy atom. The third kappa shape index (κ3) is 7.24. The molecule has 0 aliphatic rings. The Bertz CT molecular complexity index is 333. The second-order valence-corrected chi connectivity index (χ2v) is 6.65. The molecule has 108 valence electrons. The number of thioether (sulfide) groups is 1. The van der Waals surface area contributed by atoms with Crippen molar-refractivity contribution in [2.45, 2.75) is 33.1 Å². The molecule has 1 aromatic rings. The highest BCUT2D eigenvalue weighted by atomic mass is 35.5. The monoisotopic (exact) mass is 299 g/mol. The Balaban J connectivity index is 2.49. The number of hydrogen-bond acceptors (Lipinski definition) is 2. The van der Waals surface area contributed by atoms with Crippen LogP contribution in [0.25, 0.3) is 0 Å². The fourth-order valence-corrected chi connectivity index (χ4v) is 3.13. The van der Waals surface area contributed by atoms with E-state index in [0.29, 0.717) is 5.92 Å². The summed E-state index contributed by atoms with van der Waals surface area (Å²) in [6, 6.07) is 8.23. The molecule has 1 nitrogen and oxygen atoms in total. The summed E-state index contributed by atoms with van der Waals surface area (Å²) in [5.41, 5.74) is 1.29. The van der Waals surface area contributed by atoms with Gasteiger partial charge in [0.25, 0.3) is 0 Å². The van der Waals surface area contributed by atoms with Gasteiger partial charge in [-0.05, 0) is 61.4 Å². The Hall–Kier alpha value is -0.180. The number of rotatable bonds is 10. The molecule has 1 unspecified atom stereocenters. The fraction of sp³-hybridized carbons (Fsp3) is 0.625. The van der Waals surface area contributed by atoms with Crippen LogP contribution in [-0.4, -0.2) is 24.6 Å². The highest BCUT2D eigenvalue weighted by Gasteiger charge is 2.11. The van der Waals surface area contributed by atoms with E-state index in [4.69, 9.17) is 11.6 Å². The molecule has 1 aromatic carbocycles. The third-order valence-electron chi connectivity index (χ3n) is 3.20. The van der Waals surface area contributed by atoms with Gasteiger partial charge in [-0.3, -0.25) is 0 Å². The van der Waals surface area contributed by atoms with Gasteiger partial charge in [-0.25, -0.2) is 0 Å². The van der Waals surface area contributed by atoms with Crippen LogP contribution in [0, 0.1) is 5.92 Å². The van der Waals surface area contributed by atoms with E-state index in [2.05, 4.69) is 31.3 Å². The van der Waals surface area contributed by atoms with Crippen LogP contribution < -0.4 is 5.32 Å². The van der Waals surface area contributed by atoms with Crippen LogP contribution in [-0.2, 0) is 6.42 Å². The lowest BCUT2D eigenvalue weighted by molar-refractivity contribution is 0.463. The lowest BCUT2D eigenvalue weighted by atomic mass is 9.96. The van der Waals surface area contributed by atoms with Gasteiger partial charge in [-0.15, -0.1) is 0 Å². The largest absolute Gasteiger partial charge is 0.316 e. The van der Waals surface area contributed by atoms with Crippen molar-refractivity contribution in [1.82, 2.24) is 5.32 Å². The maximum Gasteiger partial charge on any atom is 0.0438 e. The van der Waals surface area contributed by atoms with Gasteiger partial charge in [0.2, 0.25) is 0 Å². The van der Waals surface area contributed by atoms with Crippen molar-refractivity contribution in [3.05, 3.63) is 34.9 Å². The molecule has 1 atom stereocenters. The highest BCUT2D eigenvalue weighted by Crippen LogP contribution is 2.21. The van der Waals surface area contributed by atoms with Gasteiger partial charge in [0, 0.05) is 5.02 Å². The lowest BCUT2D eigenvalue weighted by Gasteiger charge is -2.18. The molecule has 0 aromatic heterocycles. The van der Waals surface area contributed by atoms with Crippen LogP contribution in [0.5, 0.6) is 0 Å². The first-order valence-corrected chi connectivity index (χ1v) is 8.83. The summed E-state index contributed by atoms with van der Waals surface area (Å²) >= 11 is 8.29. The van der Waals surface area contributed by atoms with Gasteiger partial charge in [-0.1, -0.05) is 43.6 Å². The molecule has 0 saturated carbocycles. The molecule has 0 radical (unpaired) electrons. The van der Waals surface area contributed by atoms with E-state index < -0.39 is 0 Å². The molecule has 19 heavy (non-hydrogen) atoms. The standard InChI is InChI=1S/C16H26ClNS/c1-3-10-18-13-14(9-11-19-4-2)12-15-7-5-6-8-16(15)17/h5-8,14,18H,3-4,9-13H2,1-2H3. The fourth-order valence-electron chi connectivity index (χ4n) is 2.13. The average molecular weight is 300 g/mol. The van der Waals surface area contributed by atoms with E-state index in [1.54, 1.807) is 0 Å². The SMILES string of the molecule is CCCNCC(CCSCC)Cc1ccccc1Cl. The average Bonchev–Trinajstić information content (AvgIpc) is 2.41. The second-order valence-electron chi connectivity index (χ2n) is 4.85. The predicted octanol–water partition coefficient (Wildman–Crippen LogP) is 4.64. The number of hydrogen-bond donors (Lipinski definition) is 1. The zero-order valence-electron chi connectivity index (χ0n) is 12.1. The van der Waals surface area contributed by atoms with Crippen molar-refractivity contribution in [2.24, 2.45) is 5.92 Å². The Morgan fingerprint density at radius 2 is 2.05 bits per heavy atom. The molecule has 3 heteroatoms. The predicted molar refractivity (Wildman–Crippen MR) is 89.4 cm³/mol. The topological polar surface area (TPSA) is 12.0 Å². The van der Waals surface area contributed by atoms with Gasteiger partial charge in [0.1, 0.15) is 0 Å². The number of benzene rings is 1. The van der Waals surface area contributed by atoms with Gasteiger partial charge >= 0.3 is 0 Å². The number of nitrogens with one attached hydrogen (secondary N) is 1. The van der Waals surface area contributed by atoms with Crippen LogP contribution in [0.15, 0.2) is 24.3 Å². The van der Waals surface area contributed by atoms with Crippen molar-refractivity contribution in [1.29, 1.82) is 0 Å². The molecule has 0 saturated heterocycles. The normalized spacial score (nSPS) is 12.6. The molecular formula is C16H26ClNS. The maximum absolute atomic E-state index is 6.27. The molecular weight excluding hydrogens is 274 g/mol. The molecule has 0 fully saturated rings. The van der Waals surface area contributed by atoms with Crippen molar-refractivity contribution in [3.8, 4) is 0 Å². The Morgan fingerprint density at radius 3 is 2.74 bits per heavy atom. The summed E-state index contributed by atoms with van der Waals surface area (Å²) in [6.07, 6.45) is 3.55. The first-order valence-electron chi connectivity index (χ1n) is 7.29. The van der Waals surface area contributed by atoms with Crippen molar-refractivity contribution < 1.29 is 0 Å². The van der Waals surface area contributed by atoms with Crippen LogP contribution in [0.2, 0.25) is 5.02 Å². The first-order chi connectivity index (χ1) is 9.27. The van der Waals surface area contributed by atoms with Crippen molar-refractivity contribution in [2.75, 3.05) is 24.6 Å². The molecule has 1 rings (SSSR count). The van der Waals surface area contributed by atoms with E-state index >= 15 is 0 Å². The summed E-state index contributed by atoms with van der Waals surface area (Å²) in [7, 11) is 0. The van der Waals surface area contributed by atoms with E-state index in [9.17, 15) is 0 Å². The lowest BCUT2D eigenvalue weighted by Crippen LogP contribution is -2.25. The van der Waals surface area contributed by atoms with Crippen molar-refractivity contribution >= 4 is 23.4 Å². The summed E-state index contributed by atoms with van der Waals surface area (Å²) in [5, 5.41) is 4.46. The second kappa shape index (κ2) is 10.6. The minimum atomic E-state index is 0.686. The minimum Gasteiger partial charge on any atom is -0.316 e. The zero-order valence-corrected chi connectivity index (χ0v) is 13.7. The molecule has 0 amide bonds. The minimum absolute atomic E-state index is 0.686. The molecule has 0 heterocycles. The molecule has 0 spiro atoms. The quantitative estimate of drug-likeness (QED) is 0.632. The van der Waals surface area contributed by atoms with E-state index in [1.165, 1.54) is 29.9 Å². The van der Waals surface area contributed by atoms with Crippen LogP contribution in [0.1, 0.15) is 32.3 Å². The van der Waals surface area contributed by atoms with Gasteiger partial charge in [-0.2, -0.15) is 11.8 Å². The Kier molecular flexibility index (Phi) is 9.40. The van der Waals surface area contributed by atoms with Crippen LogP contribution in [0.3, 0.4) is 0 Å². The van der Waals surface area contributed by atoms with Crippen molar-refractivity contribution in [3.63, 3.8) is 0 Å². The molecule has 0 bridgehead atoms.